The van der Waals surface area contributed by atoms with Gasteiger partial charge in [-0.05, 0) is 19.1 Å². The van der Waals surface area contributed by atoms with Gasteiger partial charge in [0.15, 0.2) is 5.82 Å². The summed E-state index contributed by atoms with van der Waals surface area (Å²) >= 11 is 3.24. The fourth-order valence-electron chi connectivity index (χ4n) is 2.73. The summed E-state index contributed by atoms with van der Waals surface area (Å²) < 4.78 is 0. The molecule has 0 radical (unpaired) electrons. The highest BCUT2D eigenvalue weighted by molar-refractivity contribution is 7.98. The van der Waals surface area contributed by atoms with Crippen LogP contribution in [-0.4, -0.2) is 20.9 Å². The van der Waals surface area contributed by atoms with Crippen LogP contribution in [0.2, 0.25) is 0 Å². The highest BCUT2D eigenvalue weighted by Crippen LogP contribution is 2.27. The Morgan fingerprint density at radius 2 is 1.76 bits per heavy atom. The van der Waals surface area contributed by atoms with Crippen LogP contribution in [0, 0.1) is 6.92 Å². The van der Waals surface area contributed by atoms with Crippen LogP contribution in [0.5, 0.6) is 0 Å². The van der Waals surface area contributed by atoms with Crippen LogP contribution in [0.4, 0.5) is 5.69 Å². The third-order valence-electron chi connectivity index (χ3n) is 4.12. The first kappa shape index (κ1) is 19.3. The van der Waals surface area contributed by atoms with Gasteiger partial charge in [-0.2, -0.15) is 0 Å². The number of rotatable bonds is 6. The van der Waals surface area contributed by atoms with Crippen molar-refractivity contribution in [3.63, 3.8) is 0 Å². The van der Waals surface area contributed by atoms with E-state index in [1.807, 2.05) is 61.5 Å². The van der Waals surface area contributed by atoms with Gasteiger partial charge in [-0.15, -0.1) is 23.1 Å². The predicted octanol–water partition coefficient (Wildman–Crippen LogP) is 5.45. The van der Waals surface area contributed by atoms with Crippen molar-refractivity contribution in [3.05, 3.63) is 88.6 Å². The summed E-state index contributed by atoms with van der Waals surface area (Å²) in [6, 6.07) is 17.3. The van der Waals surface area contributed by atoms with Crippen LogP contribution in [-0.2, 0) is 5.75 Å². The van der Waals surface area contributed by atoms with Crippen molar-refractivity contribution in [3.8, 4) is 11.4 Å². The van der Waals surface area contributed by atoms with Gasteiger partial charge in [0.2, 0.25) is 0 Å². The maximum absolute atomic E-state index is 12.8. The van der Waals surface area contributed by atoms with Crippen LogP contribution < -0.4 is 5.32 Å². The Bertz CT molecular complexity index is 1110. The van der Waals surface area contributed by atoms with E-state index < -0.39 is 0 Å². The molecule has 5 nitrogen and oxygen atoms in total. The van der Waals surface area contributed by atoms with Gasteiger partial charge >= 0.3 is 0 Å². The monoisotopic (exact) mass is 418 g/mol. The van der Waals surface area contributed by atoms with Gasteiger partial charge in [0.25, 0.3) is 5.91 Å². The second-order valence-corrected chi connectivity index (χ2v) is 8.34. The van der Waals surface area contributed by atoms with E-state index >= 15 is 0 Å². The third kappa shape index (κ3) is 4.88. The lowest BCUT2D eigenvalue weighted by atomic mass is 10.2. The molecule has 0 atom stereocenters. The quantitative estimate of drug-likeness (QED) is 0.422. The van der Waals surface area contributed by atoms with Crippen molar-refractivity contribution in [2.75, 3.05) is 5.32 Å². The van der Waals surface area contributed by atoms with E-state index in [2.05, 4.69) is 25.6 Å². The number of carbonyl (C=O) groups excluding carboxylic acids is 1. The maximum atomic E-state index is 12.8. The highest BCUT2D eigenvalue weighted by Gasteiger charge is 2.13. The van der Waals surface area contributed by atoms with Crippen molar-refractivity contribution < 1.29 is 4.79 Å². The first-order valence-corrected chi connectivity index (χ1v) is 10.9. The summed E-state index contributed by atoms with van der Waals surface area (Å²) in [5.41, 5.74) is 3.14. The lowest BCUT2D eigenvalue weighted by Crippen LogP contribution is -2.13. The summed E-state index contributed by atoms with van der Waals surface area (Å²) in [4.78, 5) is 26.9. The van der Waals surface area contributed by atoms with Crippen molar-refractivity contribution in [1.29, 1.82) is 0 Å². The molecule has 0 fully saturated rings. The minimum absolute atomic E-state index is 0.182. The topological polar surface area (TPSA) is 67.8 Å². The number of amides is 1. The normalized spacial score (nSPS) is 10.7. The predicted molar refractivity (Wildman–Crippen MR) is 118 cm³/mol. The van der Waals surface area contributed by atoms with Crippen LogP contribution in [0.15, 0.2) is 77.3 Å². The molecule has 0 aliphatic heterocycles. The number of thioether (sulfide) groups is 1. The second kappa shape index (κ2) is 8.98. The largest absolute Gasteiger partial charge is 0.319 e. The number of aromatic nitrogens is 3. The average Bonchev–Trinajstić information content (AvgIpc) is 3.19. The summed E-state index contributed by atoms with van der Waals surface area (Å²) in [7, 11) is 0. The lowest BCUT2D eigenvalue weighted by molar-refractivity contribution is 0.102. The number of nitrogens with zero attached hydrogens (tertiary/aromatic N) is 3. The molecular formula is C22H18N4OS2. The molecule has 1 N–H and O–H groups in total. The first-order valence-electron chi connectivity index (χ1n) is 9.01. The molecule has 0 saturated heterocycles. The second-order valence-electron chi connectivity index (χ2n) is 6.26. The number of benzene rings is 2. The molecule has 0 saturated carbocycles. The molecular weight excluding hydrogens is 400 g/mol. The van der Waals surface area contributed by atoms with Gasteiger partial charge in [-0.25, -0.2) is 15.0 Å². The van der Waals surface area contributed by atoms with Crippen molar-refractivity contribution in [2.45, 2.75) is 17.6 Å². The summed E-state index contributed by atoms with van der Waals surface area (Å²) in [5.74, 6) is 1.17. The molecule has 144 valence electrons. The number of nitrogens with one attached hydrogen (secondary N) is 1. The van der Waals surface area contributed by atoms with Crippen molar-refractivity contribution >= 4 is 34.7 Å². The summed E-state index contributed by atoms with van der Waals surface area (Å²) in [6.07, 6.45) is 3.25. The number of hydrogen-bond donors (Lipinski definition) is 1. The molecule has 1 amide bonds. The van der Waals surface area contributed by atoms with Gasteiger partial charge in [0.1, 0.15) is 0 Å². The van der Waals surface area contributed by atoms with E-state index in [-0.39, 0.29) is 5.91 Å². The zero-order valence-corrected chi connectivity index (χ0v) is 17.3. The maximum Gasteiger partial charge on any atom is 0.256 e. The van der Waals surface area contributed by atoms with E-state index in [0.717, 1.165) is 26.9 Å². The Labute approximate surface area is 177 Å². The Morgan fingerprint density at radius 3 is 2.48 bits per heavy atom. The molecule has 0 unspecified atom stereocenters. The van der Waals surface area contributed by atoms with Crippen LogP contribution in [0.1, 0.15) is 21.1 Å². The summed E-state index contributed by atoms with van der Waals surface area (Å²) in [6.45, 7) is 1.99. The molecule has 0 aliphatic carbocycles. The van der Waals surface area contributed by atoms with Crippen molar-refractivity contribution in [1.82, 2.24) is 15.0 Å². The fraction of sp³-hybridized carbons (Fsp3) is 0.0909. The van der Waals surface area contributed by atoms with Gasteiger partial charge in [0.05, 0.1) is 34.3 Å². The zero-order chi connectivity index (χ0) is 20.1. The minimum Gasteiger partial charge on any atom is -0.319 e. The molecule has 7 heteroatoms. The first-order chi connectivity index (χ1) is 14.2. The van der Waals surface area contributed by atoms with Gasteiger partial charge in [-0.3, -0.25) is 4.79 Å². The standard InChI is InChI=1S/C22H18N4OS2/c1-15-25-18(13-28-15)14-29-20-10-6-5-9-19(20)22(27)26-17-11-23-21(24-12-17)16-7-3-2-4-8-16/h2-13H,14H2,1H3,(H,26,27). The molecule has 2 aromatic heterocycles. The Kier molecular flexibility index (Phi) is 5.97. The van der Waals surface area contributed by atoms with Gasteiger partial charge in [-0.1, -0.05) is 42.5 Å². The number of thiazole rings is 1. The van der Waals surface area contributed by atoms with Crippen LogP contribution in [0.3, 0.4) is 0 Å². The van der Waals surface area contributed by atoms with Gasteiger partial charge < -0.3 is 5.32 Å². The number of hydrogen-bond acceptors (Lipinski definition) is 6. The number of anilines is 1. The molecule has 4 rings (SSSR count). The minimum atomic E-state index is -0.182. The molecule has 4 aromatic rings. The summed E-state index contributed by atoms with van der Waals surface area (Å²) in [5, 5.41) is 5.99. The van der Waals surface area contributed by atoms with E-state index in [0.29, 0.717) is 17.1 Å². The van der Waals surface area contributed by atoms with Crippen molar-refractivity contribution in [2.24, 2.45) is 0 Å². The SMILES string of the molecule is Cc1nc(CSc2ccccc2C(=O)Nc2cnc(-c3ccccc3)nc2)cs1. The molecule has 0 spiro atoms. The lowest BCUT2D eigenvalue weighted by Gasteiger charge is -2.09. The van der Waals surface area contributed by atoms with E-state index in [9.17, 15) is 4.79 Å². The van der Waals surface area contributed by atoms with Crippen LogP contribution in [0.25, 0.3) is 11.4 Å². The van der Waals surface area contributed by atoms with E-state index in [1.165, 1.54) is 0 Å². The molecule has 0 aliphatic rings. The average molecular weight is 419 g/mol. The zero-order valence-electron chi connectivity index (χ0n) is 15.7. The van der Waals surface area contributed by atoms with E-state index in [1.54, 1.807) is 35.5 Å². The smallest absolute Gasteiger partial charge is 0.256 e. The third-order valence-corrected chi connectivity index (χ3v) is 6.04. The number of carbonyl (C=O) groups is 1. The fourth-order valence-corrected chi connectivity index (χ4v) is 4.39. The van der Waals surface area contributed by atoms with E-state index in [4.69, 9.17) is 0 Å². The highest BCUT2D eigenvalue weighted by atomic mass is 32.2. The molecule has 2 aromatic carbocycles. The Morgan fingerprint density at radius 1 is 1.03 bits per heavy atom. The molecule has 29 heavy (non-hydrogen) atoms. The Balaban J connectivity index is 1.46. The molecule has 0 bridgehead atoms. The van der Waals surface area contributed by atoms with Crippen LogP contribution >= 0.6 is 23.1 Å². The van der Waals surface area contributed by atoms with Gasteiger partial charge in [0, 0.05) is 21.6 Å². The molecule has 2 heterocycles. The Hall–Kier alpha value is -3.03. The number of aryl methyl sites for hydroxylation is 1.